The molecule has 3 saturated heterocycles. The Kier molecular flexibility index (Phi) is 7.13. The molecule has 37 heavy (non-hydrogen) atoms. The van der Waals surface area contributed by atoms with Crippen molar-refractivity contribution in [2.45, 2.75) is 55.7 Å². The van der Waals surface area contributed by atoms with Gasteiger partial charge in [0, 0.05) is 29.4 Å². The molecule has 0 aliphatic carbocycles. The molecule has 3 fully saturated rings. The Labute approximate surface area is 224 Å². The molecule has 0 aromatic heterocycles. The molecule has 2 bridgehead atoms. The predicted octanol–water partition coefficient (Wildman–Crippen LogP) is 3.40. The fourth-order valence-electron chi connectivity index (χ4n) is 6.31. The van der Waals surface area contributed by atoms with Gasteiger partial charge in [-0.2, -0.15) is 0 Å². The number of para-hydroxylation sites is 2. The minimum atomic E-state index is -1.12. The topological polar surface area (TPSA) is 108 Å². The van der Waals surface area contributed by atoms with E-state index >= 15 is 0 Å². The Morgan fingerprint density at radius 3 is 2.43 bits per heavy atom. The molecular weight excluding hydrogens is 538 g/mol. The Morgan fingerprint density at radius 2 is 1.76 bits per heavy atom. The van der Waals surface area contributed by atoms with Gasteiger partial charge in [-0.1, -0.05) is 52.3 Å². The smallest absolute Gasteiger partial charge is 0.250 e. The number of nitrogens with zero attached hydrogens (tertiary/aromatic N) is 1. The number of hydrogen-bond donors (Lipinski definition) is 3. The standard InChI is InChI=1S/C28H32BrN3O5/c1-16-9-8-10-17(2)22(16)31-26(35)24-28-15-19(29)23(37-28)20(25(34)30-18-11-4-3-5-12-18)21(28)27(36)32(24)13-6-7-14-33/h3-5,8-12,19-21,23-24,33H,6-7,13-15H2,1-2H3,(H,30,34)(H,31,35)/t19?,20-,21-,23-,24?,28?/m0/s1. The number of carbonyl (C=O) groups is 3. The van der Waals surface area contributed by atoms with Gasteiger partial charge in [0.2, 0.25) is 17.7 Å². The minimum absolute atomic E-state index is 0.0000243. The van der Waals surface area contributed by atoms with Gasteiger partial charge < -0.3 is 25.4 Å². The predicted molar refractivity (Wildman–Crippen MR) is 143 cm³/mol. The van der Waals surface area contributed by atoms with Gasteiger partial charge in [-0.3, -0.25) is 14.4 Å². The second-order valence-electron chi connectivity index (χ2n) is 10.2. The Morgan fingerprint density at radius 1 is 1.05 bits per heavy atom. The molecule has 3 aliphatic rings. The summed E-state index contributed by atoms with van der Waals surface area (Å²) in [6, 6.07) is 14.0. The number of aliphatic hydroxyl groups is 1. The number of carbonyl (C=O) groups excluding carboxylic acids is 3. The summed E-state index contributed by atoms with van der Waals surface area (Å²) < 4.78 is 6.53. The number of anilines is 2. The molecule has 3 unspecified atom stereocenters. The van der Waals surface area contributed by atoms with E-state index in [-0.39, 0.29) is 29.2 Å². The van der Waals surface area contributed by atoms with Crippen molar-refractivity contribution in [1.82, 2.24) is 4.90 Å². The Hall–Kier alpha value is -2.75. The van der Waals surface area contributed by atoms with Crippen LogP contribution in [-0.4, -0.2) is 63.5 Å². The number of fused-ring (bicyclic) bond motifs is 1. The van der Waals surface area contributed by atoms with Crippen LogP contribution in [0.5, 0.6) is 0 Å². The first-order valence-corrected chi connectivity index (χ1v) is 13.7. The number of ether oxygens (including phenoxy) is 1. The summed E-state index contributed by atoms with van der Waals surface area (Å²) in [5.74, 6) is -2.34. The van der Waals surface area contributed by atoms with Gasteiger partial charge in [-0.25, -0.2) is 0 Å². The summed E-state index contributed by atoms with van der Waals surface area (Å²) in [4.78, 5) is 42.9. The number of aliphatic hydroxyl groups excluding tert-OH is 1. The lowest BCUT2D eigenvalue weighted by atomic mass is 9.70. The highest BCUT2D eigenvalue weighted by Gasteiger charge is 2.76. The first-order valence-electron chi connectivity index (χ1n) is 12.7. The third kappa shape index (κ3) is 4.36. The Balaban J connectivity index is 1.50. The van der Waals surface area contributed by atoms with Crippen LogP contribution in [0, 0.1) is 25.7 Å². The van der Waals surface area contributed by atoms with E-state index in [1.807, 2.05) is 50.2 Å². The lowest BCUT2D eigenvalue weighted by Crippen LogP contribution is -2.54. The van der Waals surface area contributed by atoms with E-state index in [9.17, 15) is 19.5 Å². The molecule has 9 heteroatoms. The fraction of sp³-hybridized carbons (Fsp3) is 0.464. The zero-order valence-electron chi connectivity index (χ0n) is 20.9. The maximum atomic E-state index is 14.0. The molecule has 5 rings (SSSR count). The van der Waals surface area contributed by atoms with Crippen LogP contribution in [0.4, 0.5) is 11.4 Å². The second kappa shape index (κ2) is 10.2. The van der Waals surface area contributed by atoms with Gasteiger partial charge in [0.15, 0.2) is 0 Å². The monoisotopic (exact) mass is 569 g/mol. The zero-order chi connectivity index (χ0) is 26.3. The first-order chi connectivity index (χ1) is 17.8. The SMILES string of the molecule is Cc1cccc(C)c1NC(=O)C1N(CCCCO)C(=O)[C@@H]2[C@H](C(=O)Nc3ccccc3)[C@H]3OC12CC3Br. The molecule has 2 aromatic rings. The van der Waals surface area contributed by atoms with Crippen LogP contribution in [0.1, 0.15) is 30.4 Å². The molecule has 2 aromatic carbocycles. The highest BCUT2D eigenvalue weighted by molar-refractivity contribution is 9.09. The van der Waals surface area contributed by atoms with Gasteiger partial charge in [0.1, 0.15) is 11.6 Å². The molecule has 6 atom stereocenters. The third-order valence-electron chi connectivity index (χ3n) is 7.92. The van der Waals surface area contributed by atoms with Crippen molar-refractivity contribution in [3.63, 3.8) is 0 Å². The van der Waals surface area contributed by atoms with Gasteiger partial charge in [0.05, 0.1) is 17.9 Å². The van der Waals surface area contributed by atoms with E-state index in [1.165, 1.54) is 0 Å². The van der Waals surface area contributed by atoms with Crippen LogP contribution in [-0.2, 0) is 19.1 Å². The van der Waals surface area contributed by atoms with Crippen molar-refractivity contribution in [3.8, 4) is 0 Å². The summed E-state index contributed by atoms with van der Waals surface area (Å²) in [6.45, 7) is 4.16. The molecule has 196 valence electrons. The summed E-state index contributed by atoms with van der Waals surface area (Å²) >= 11 is 3.69. The van der Waals surface area contributed by atoms with Gasteiger partial charge in [0.25, 0.3) is 0 Å². The van der Waals surface area contributed by atoms with E-state index in [0.717, 1.165) is 16.8 Å². The first kappa shape index (κ1) is 25.9. The van der Waals surface area contributed by atoms with Crippen LogP contribution in [0.25, 0.3) is 0 Å². The molecule has 1 spiro atoms. The van der Waals surface area contributed by atoms with E-state index in [4.69, 9.17) is 4.74 Å². The van der Waals surface area contributed by atoms with Crippen molar-refractivity contribution in [3.05, 3.63) is 59.7 Å². The lowest BCUT2D eigenvalue weighted by molar-refractivity contribution is -0.139. The normalized spacial score (nSPS) is 29.9. The lowest BCUT2D eigenvalue weighted by Gasteiger charge is -2.34. The van der Waals surface area contributed by atoms with Gasteiger partial charge in [-0.05, 0) is 56.4 Å². The molecule has 3 N–H and O–H groups in total. The maximum Gasteiger partial charge on any atom is 0.250 e. The van der Waals surface area contributed by atoms with E-state index < -0.39 is 29.6 Å². The van der Waals surface area contributed by atoms with Crippen molar-refractivity contribution in [2.24, 2.45) is 11.8 Å². The number of hydrogen-bond acceptors (Lipinski definition) is 5. The molecule has 0 saturated carbocycles. The molecule has 8 nitrogen and oxygen atoms in total. The highest BCUT2D eigenvalue weighted by atomic mass is 79.9. The summed E-state index contributed by atoms with van der Waals surface area (Å²) in [7, 11) is 0. The number of alkyl halides is 1. The zero-order valence-corrected chi connectivity index (χ0v) is 22.5. The van der Waals surface area contributed by atoms with E-state index in [1.54, 1.807) is 17.0 Å². The number of unbranched alkanes of at least 4 members (excludes halogenated alkanes) is 1. The van der Waals surface area contributed by atoms with E-state index in [2.05, 4.69) is 26.6 Å². The number of benzene rings is 2. The molecule has 3 heterocycles. The van der Waals surface area contributed by atoms with Crippen molar-refractivity contribution in [2.75, 3.05) is 23.8 Å². The molecule has 3 aliphatic heterocycles. The summed E-state index contributed by atoms with van der Waals surface area (Å²) in [5.41, 5.74) is 2.10. The average molecular weight is 570 g/mol. The van der Waals surface area contributed by atoms with Crippen LogP contribution >= 0.6 is 15.9 Å². The van der Waals surface area contributed by atoms with Gasteiger partial charge in [-0.15, -0.1) is 0 Å². The quantitative estimate of drug-likeness (QED) is 0.333. The van der Waals surface area contributed by atoms with Crippen molar-refractivity contribution in [1.29, 1.82) is 0 Å². The largest absolute Gasteiger partial charge is 0.396 e. The van der Waals surface area contributed by atoms with Crippen molar-refractivity contribution >= 4 is 45.0 Å². The fourth-order valence-corrected chi connectivity index (χ4v) is 7.26. The number of halogens is 1. The number of nitrogens with one attached hydrogen (secondary N) is 2. The number of rotatable bonds is 8. The summed E-state index contributed by atoms with van der Waals surface area (Å²) in [5, 5.41) is 15.3. The molecule has 3 amide bonds. The number of aryl methyl sites for hydroxylation is 2. The van der Waals surface area contributed by atoms with Crippen LogP contribution < -0.4 is 10.6 Å². The summed E-state index contributed by atoms with van der Waals surface area (Å²) in [6.07, 6.45) is 0.979. The maximum absolute atomic E-state index is 14.0. The van der Waals surface area contributed by atoms with Crippen molar-refractivity contribution < 1.29 is 24.2 Å². The van der Waals surface area contributed by atoms with Crippen LogP contribution in [0.15, 0.2) is 48.5 Å². The highest BCUT2D eigenvalue weighted by Crippen LogP contribution is 2.60. The van der Waals surface area contributed by atoms with Gasteiger partial charge >= 0.3 is 0 Å². The second-order valence-corrected chi connectivity index (χ2v) is 11.4. The van der Waals surface area contributed by atoms with E-state index in [0.29, 0.717) is 31.5 Å². The molecule has 0 radical (unpaired) electrons. The molecular formula is C28H32BrN3O5. The van der Waals surface area contributed by atoms with Crippen LogP contribution in [0.3, 0.4) is 0 Å². The average Bonchev–Trinajstić information content (AvgIpc) is 3.46. The van der Waals surface area contributed by atoms with Crippen LogP contribution in [0.2, 0.25) is 0 Å². The minimum Gasteiger partial charge on any atom is -0.396 e. The number of amides is 3. The number of likely N-dealkylation sites (tertiary alicyclic amines) is 1. The Bertz CT molecular complexity index is 1190. The third-order valence-corrected chi connectivity index (χ3v) is 8.76.